The van der Waals surface area contributed by atoms with Gasteiger partial charge in [0.2, 0.25) is 5.78 Å². The number of ketones is 1. The van der Waals surface area contributed by atoms with E-state index in [0.717, 1.165) is 5.56 Å². The molecule has 4 rings (SSSR count). The predicted molar refractivity (Wildman–Crippen MR) is 113 cm³/mol. The number of hydrogen-bond acceptors (Lipinski definition) is 5. The van der Waals surface area contributed by atoms with Crippen LogP contribution in [0.4, 0.5) is 5.69 Å². The van der Waals surface area contributed by atoms with Crippen LogP contribution in [0.25, 0.3) is 28.7 Å². The number of halogens is 1. The van der Waals surface area contributed by atoms with Crippen molar-refractivity contribution in [1.29, 1.82) is 0 Å². The molecular formula is C23H14ClNO5. The molecule has 6 nitrogen and oxygen atoms in total. The summed E-state index contributed by atoms with van der Waals surface area (Å²) in [5.41, 5.74) is 1.51. The monoisotopic (exact) mass is 419 g/mol. The highest BCUT2D eigenvalue weighted by Gasteiger charge is 2.12. The number of hydrogen-bond donors (Lipinski definition) is 0. The number of non-ortho nitro benzene ring substituents is 1. The Balaban J connectivity index is 1.46. The Morgan fingerprint density at radius 1 is 0.833 bits per heavy atom. The molecule has 0 radical (unpaired) electrons. The van der Waals surface area contributed by atoms with Crippen molar-refractivity contribution in [2.75, 3.05) is 0 Å². The third-order valence-electron chi connectivity index (χ3n) is 4.37. The van der Waals surface area contributed by atoms with Gasteiger partial charge in [0.05, 0.1) is 4.92 Å². The van der Waals surface area contributed by atoms with E-state index in [9.17, 15) is 14.9 Å². The summed E-state index contributed by atoms with van der Waals surface area (Å²) in [6.07, 6.45) is 2.93. The smallest absolute Gasteiger partial charge is 0.269 e. The molecular weight excluding hydrogens is 406 g/mol. The molecule has 2 aromatic carbocycles. The molecule has 0 aliphatic rings. The maximum absolute atomic E-state index is 12.4. The van der Waals surface area contributed by atoms with Gasteiger partial charge in [0, 0.05) is 28.3 Å². The first-order chi connectivity index (χ1) is 14.5. The van der Waals surface area contributed by atoms with Crippen LogP contribution in [0, 0.1) is 10.1 Å². The number of nitrogens with zero attached hydrogens (tertiary/aromatic N) is 1. The van der Waals surface area contributed by atoms with Gasteiger partial charge in [-0.15, -0.1) is 0 Å². The van der Waals surface area contributed by atoms with Crippen LogP contribution in [0.5, 0.6) is 0 Å². The van der Waals surface area contributed by atoms with E-state index in [1.165, 1.54) is 18.2 Å². The van der Waals surface area contributed by atoms with Crippen LogP contribution in [0.3, 0.4) is 0 Å². The molecule has 0 saturated carbocycles. The molecule has 0 amide bonds. The highest BCUT2D eigenvalue weighted by Crippen LogP contribution is 2.26. The van der Waals surface area contributed by atoms with Crippen LogP contribution < -0.4 is 0 Å². The Hall–Kier alpha value is -3.90. The molecule has 0 aliphatic carbocycles. The number of furan rings is 2. The van der Waals surface area contributed by atoms with Gasteiger partial charge < -0.3 is 8.83 Å². The van der Waals surface area contributed by atoms with Gasteiger partial charge in [-0.1, -0.05) is 11.6 Å². The standard InChI is InChI=1S/C23H14ClNO5/c24-17-5-1-15(2-6-17)21-12-10-19(29-21)9-11-20(26)23-14-13-22(30-23)16-3-7-18(8-4-16)25(27)28/h1-14H/b11-9+. The molecule has 0 saturated heterocycles. The third kappa shape index (κ3) is 4.24. The van der Waals surface area contributed by atoms with E-state index in [4.69, 9.17) is 20.4 Å². The van der Waals surface area contributed by atoms with Crippen LogP contribution in [0.2, 0.25) is 5.02 Å². The fraction of sp³-hybridized carbons (Fsp3) is 0. The zero-order chi connectivity index (χ0) is 21.1. The first-order valence-corrected chi connectivity index (χ1v) is 9.30. The topological polar surface area (TPSA) is 86.5 Å². The van der Waals surface area contributed by atoms with E-state index in [-0.39, 0.29) is 17.2 Å². The number of carbonyl (C=O) groups is 1. The third-order valence-corrected chi connectivity index (χ3v) is 4.62. The second-order valence-corrected chi connectivity index (χ2v) is 6.81. The number of nitro benzene ring substituents is 1. The van der Waals surface area contributed by atoms with Gasteiger partial charge in [-0.25, -0.2) is 0 Å². The zero-order valence-electron chi connectivity index (χ0n) is 15.4. The lowest BCUT2D eigenvalue weighted by molar-refractivity contribution is -0.384. The van der Waals surface area contributed by atoms with Crippen molar-refractivity contribution in [2.45, 2.75) is 0 Å². The van der Waals surface area contributed by atoms with E-state index < -0.39 is 4.92 Å². The summed E-state index contributed by atoms with van der Waals surface area (Å²) in [5.74, 6) is 1.47. The van der Waals surface area contributed by atoms with Crippen molar-refractivity contribution in [3.8, 4) is 22.6 Å². The lowest BCUT2D eigenvalue weighted by Crippen LogP contribution is -1.90. The van der Waals surface area contributed by atoms with Crippen LogP contribution in [-0.4, -0.2) is 10.7 Å². The number of carbonyl (C=O) groups excluding carboxylic acids is 1. The van der Waals surface area contributed by atoms with Crippen LogP contribution in [0.15, 0.2) is 87.7 Å². The zero-order valence-corrected chi connectivity index (χ0v) is 16.2. The summed E-state index contributed by atoms with van der Waals surface area (Å²) in [5, 5.41) is 11.4. The molecule has 2 heterocycles. The average molecular weight is 420 g/mol. The van der Waals surface area contributed by atoms with Gasteiger partial charge >= 0.3 is 0 Å². The molecule has 0 fully saturated rings. The highest BCUT2D eigenvalue weighted by atomic mass is 35.5. The maximum Gasteiger partial charge on any atom is 0.269 e. The Kier molecular flexibility index (Phi) is 5.32. The van der Waals surface area contributed by atoms with Crippen molar-refractivity contribution in [3.05, 3.63) is 106 Å². The summed E-state index contributed by atoms with van der Waals surface area (Å²) in [6, 6.07) is 19.9. The van der Waals surface area contributed by atoms with Gasteiger partial charge in [0.15, 0.2) is 5.76 Å². The molecule has 0 bridgehead atoms. The average Bonchev–Trinajstić information content (AvgIpc) is 3.43. The molecule has 30 heavy (non-hydrogen) atoms. The van der Waals surface area contributed by atoms with Gasteiger partial charge in [0.1, 0.15) is 17.3 Å². The molecule has 0 unspecified atom stereocenters. The second kappa shape index (κ2) is 8.23. The molecule has 148 valence electrons. The Bertz CT molecular complexity index is 1230. The number of rotatable bonds is 6. The molecule has 0 N–H and O–H groups in total. The van der Waals surface area contributed by atoms with E-state index in [0.29, 0.717) is 27.9 Å². The molecule has 2 aromatic heterocycles. The fourth-order valence-corrected chi connectivity index (χ4v) is 2.95. The van der Waals surface area contributed by atoms with E-state index in [2.05, 4.69) is 0 Å². The largest absolute Gasteiger partial charge is 0.457 e. The molecule has 7 heteroatoms. The first-order valence-electron chi connectivity index (χ1n) is 8.92. The van der Waals surface area contributed by atoms with Gasteiger partial charge in [-0.2, -0.15) is 0 Å². The Morgan fingerprint density at radius 2 is 1.43 bits per heavy atom. The van der Waals surface area contributed by atoms with E-state index in [1.807, 2.05) is 18.2 Å². The lowest BCUT2D eigenvalue weighted by Gasteiger charge is -1.97. The van der Waals surface area contributed by atoms with E-state index >= 15 is 0 Å². The first kappa shape index (κ1) is 19.4. The van der Waals surface area contributed by atoms with Crippen LogP contribution >= 0.6 is 11.6 Å². The second-order valence-electron chi connectivity index (χ2n) is 6.37. The quantitative estimate of drug-likeness (QED) is 0.151. The van der Waals surface area contributed by atoms with Crippen molar-refractivity contribution in [3.63, 3.8) is 0 Å². The minimum Gasteiger partial charge on any atom is -0.457 e. The SMILES string of the molecule is O=C(/C=C/c1ccc(-c2ccc(Cl)cc2)o1)c1ccc(-c2ccc([N+](=O)[O-])cc2)o1. The highest BCUT2D eigenvalue weighted by molar-refractivity contribution is 6.30. The number of nitro groups is 1. The Morgan fingerprint density at radius 3 is 2.10 bits per heavy atom. The van der Waals surface area contributed by atoms with Gasteiger partial charge in [0.25, 0.3) is 5.69 Å². The van der Waals surface area contributed by atoms with Gasteiger partial charge in [-0.05, 0) is 72.8 Å². The molecule has 0 atom stereocenters. The number of benzene rings is 2. The summed E-state index contributed by atoms with van der Waals surface area (Å²) >= 11 is 5.89. The van der Waals surface area contributed by atoms with Crippen molar-refractivity contribution in [2.24, 2.45) is 0 Å². The van der Waals surface area contributed by atoms with Crippen molar-refractivity contribution >= 4 is 29.1 Å². The van der Waals surface area contributed by atoms with Crippen LogP contribution in [-0.2, 0) is 0 Å². The minimum atomic E-state index is -0.474. The summed E-state index contributed by atoms with van der Waals surface area (Å²) < 4.78 is 11.3. The van der Waals surface area contributed by atoms with Crippen molar-refractivity contribution in [1.82, 2.24) is 0 Å². The molecule has 0 spiro atoms. The maximum atomic E-state index is 12.4. The van der Waals surface area contributed by atoms with Crippen molar-refractivity contribution < 1.29 is 18.6 Å². The summed E-state index contributed by atoms with van der Waals surface area (Å²) in [7, 11) is 0. The fourth-order valence-electron chi connectivity index (χ4n) is 2.82. The van der Waals surface area contributed by atoms with E-state index in [1.54, 1.807) is 48.5 Å². The minimum absolute atomic E-state index is 0.0130. The summed E-state index contributed by atoms with van der Waals surface area (Å²) in [4.78, 5) is 22.7. The normalized spacial score (nSPS) is 11.1. The van der Waals surface area contributed by atoms with Gasteiger partial charge in [-0.3, -0.25) is 14.9 Å². The summed E-state index contributed by atoms with van der Waals surface area (Å²) in [6.45, 7) is 0. The lowest BCUT2D eigenvalue weighted by atomic mass is 10.1. The number of allylic oxidation sites excluding steroid dienone is 1. The Labute approximate surface area is 176 Å². The predicted octanol–water partition coefficient (Wildman–Crippen LogP) is 6.66. The molecule has 4 aromatic rings. The van der Waals surface area contributed by atoms with Crippen LogP contribution in [0.1, 0.15) is 16.3 Å². The molecule has 0 aliphatic heterocycles.